The molecule has 1 N–H and O–H groups in total. The van der Waals surface area contributed by atoms with Crippen molar-refractivity contribution in [2.24, 2.45) is 0 Å². The third kappa shape index (κ3) is 5.09. The molecular formula is C28H28FN3O3. The predicted molar refractivity (Wildman–Crippen MR) is 132 cm³/mol. The molecule has 35 heavy (non-hydrogen) atoms. The van der Waals surface area contributed by atoms with Gasteiger partial charge in [0.2, 0.25) is 5.91 Å². The summed E-state index contributed by atoms with van der Waals surface area (Å²) in [6.45, 7) is 1.88. The zero-order valence-corrected chi connectivity index (χ0v) is 19.6. The Bertz CT molecular complexity index is 1190. The summed E-state index contributed by atoms with van der Waals surface area (Å²) in [6, 6.07) is 23.6. The van der Waals surface area contributed by atoms with Crippen molar-refractivity contribution in [3.05, 3.63) is 102 Å². The molecule has 0 spiro atoms. The molecule has 4 amide bonds. The van der Waals surface area contributed by atoms with E-state index < -0.39 is 29.8 Å². The minimum absolute atomic E-state index is 0.298. The van der Waals surface area contributed by atoms with Crippen molar-refractivity contribution in [2.45, 2.75) is 38.3 Å². The molecule has 4 rings (SSSR count). The Labute approximate surface area is 204 Å². The van der Waals surface area contributed by atoms with E-state index >= 15 is 0 Å². The van der Waals surface area contributed by atoms with E-state index in [1.165, 1.54) is 24.3 Å². The second-order valence-electron chi connectivity index (χ2n) is 8.64. The van der Waals surface area contributed by atoms with Gasteiger partial charge < -0.3 is 10.2 Å². The van der Waals surface area contributed by atoms with E-state index in [0.29, 0.717) is 30.6 Å². The zero-order chi connectivity index (χ0) is 24.8. The first-order valence-electron chi connectivity index (χ1n) is 11.7. The van der Waals surface area contributed by atoms with E-state index in [-0.39, 0.29) is 5.91 Å². The van der Waals surface area contributed by atoms with Crippen LogP contribution in [0.4, 0.5) is 14.9 Å². The van der Waals surface area contributed by atoms with Crippen LogP contribution in [-0.2, 0) is 21.7 Å². The summed E-state index contributed by atoms with van der Waals surface area (Å²) in [6.07, 6.45) is 1.84. The number of amides is 4. The first-order chi connectivity index (χ1) is 16.9. The van der Waals surface area contributed by atoms with Crippen LogP contribution in [0.1, 0.15) is 37.3 Å². The summed E-state index contributed by atoms with van der Waals surface area (Å²) in [5.74, 6) is -1.31. The second kappa shape index (κ2) is 10.5. The normalized spacial score (nSPS) is 17.4. The van der Waals surface area contributed by atoms with Gasteiger partial charge in [-0.3, -0.25) is 14.5 Å². The van der Waals surface area contributed by atoms with Gasteiger partial charge in [0.1, 0.15) is 17.9 Å². The summed E-state index contributed by atoms with van der Waals surface area (Å²) in [5, 5.41) is 2.82. The maximum Gasteiger partial charge on any atom is 0.325 e. The van der Waals surface area contributed by atoms with Crippen LogP contribution >= 0.6 is 0 Å². The van der Waals surface area contributed by atoms with Crippen LogP contribution in [-0.4, -0.2) is 29.3 Å². The summed E-state index contributed by atoms with van der Waals surface area (Å²) in [4.78, 5) is 42.7. The number of halogens is 1. The monoisotopic (exact) mass is 473 g/mol. The SMILES string of the molecule is CCCCC1(c2ccc(F)cc2)NC(=O)N(CC(=O)N(Cc2ccccc2)c2ccccc2)C1=O. The molecule has 1 fully saturated rings. The standard InChI is InChI=1S/C28H28FN3O3/c1-2-3-18-28(22-14-16-23(29)17-15-22)26(34)32(27(35)30-28)20-25(33)31(24-12-8-5-9-13-24)19-21-10-6-4-7-11-21/h4-17H,2-3,18-20H2,1H3,(H,30,35). The van der Waals surface area contributed by atoms with Gasteiger partial charge in [-0.1, -0.05) is 80.4 Å². The number of benzene rings is 3. The Morgan fingerprint density at radius 3 is 2.20 bits per heavy atom. The zero-order valence-electron chi connectivity index (χ0n) is 19.6. The van der Waals surface area contributed by atoms with Crippen LogP contribution in [0.5, 0.6) is 0 Å². The number of anilines is 1. The fraction of sp³-hybridized carbons (Fsp3) is 0.250. The van der Waals surface area contributed by atoms with Gasteiger partial charge in [-0.25, -0.2) is 9.18 Å². The highest BCUT2D eigenvalue weighted by atomic mass is 19.1. The first-order valence-corrected chi connectivity index (χ1v) is 11.7. The van der Waals surface area contributed by atoms with Crippen molar-refractivity contribution in [1.29, 1.82) is 0 Å². The molecule has 1 unspecified atom stereocenters. The molecule has 1 aliphatic rings. The topological polar surface area (TPSA) is 69.7 Å². The molecule has 180 valence electrons. The Morgan fingerprint density at radius 2 is 1.57 bits per heavy atom. The van der Waals surface area contributed by atoms with Crippen molar-refractivity contribution >= 4 is 23.5 Å². The number of hydrogen-bond acceptors (Lipinski definition) is 3. The van der Waals surface area contributed by atoms with Gasteiger partial charge in [-0.2, -0.15) is 0 Å². The fourth-order valence-electron chi connectivity index (χ4n) is 4.37. The van der Waals surface area contributed by atoms with Crippen molar-refractivity contribution in [1.82, 2.24) is 10.2 Å². The van der Waals surface area contributed by atoms with Gasteiger partial charge in [0, 0.05) is 5.69 Å². The average Bonchev–Trinajstić information content (AvgIpc) is 3.12. The largest absolute Gasteiger partial charge is 0.325 e. The quantitative estimate of drug-likeness (QED) is 0.445. The van der Waals surface area contributed by atoms with Gasteiger partial charge in [0.15, 0.2) is 0 Å². The maximum absolute atomic E-state index is 13.7. The molecule has 3 aromatic carbocycles. The van der Waals surface area contributed by atoms with E-state index in [4.69, 9.17) is 0 Å². The molecule has 3 aromatic rings. The minimum atomic E-state index is -1.32. The van der Waals surface area contributed by atoms with E-state index in [1.54, 1.807) is 4.90 Å². The molecule has 0 saturated carbocycles. The van der Waals surface area contributed by atoms with Crippen LogP contribution in [0.25, 0.3) is 0 Å². The molecule has 7 heteroatoms. The lowest BCUT2D eigenvalue weighted by atomic mass is 9.85. The number of unbranched alkanes of at least 4 members (excludes halogenated alkanes) is 1. The third-order valence-corrected chi connectivity index (χ3v) is 6.26. The van der Waals surface area contributed by atoms with Gasteiger partial charge in [-0.05, 0) is 41.8 Å². The lowest BCUT2D eigenvalue weighted by Crippen LogP contribution is -2.46. The second-order valence-corrected chi connectivity index (χ2v) is 8.64. The van der Waals surface area contributed by atoms with Gasteiger partial charge in [0.05, 0.1) is 6.54 Å². The lowest BCUT2D eigenvalue weighted by molar-refractivity contribution is -0.135. The highest BCUT2D eigenvalue weighted by molar-refractivity contribution is 6.10. The van der Waals surface area contributed by atoms with E-state index in [9.17, 15) is 18.8 Å². The number of urea groups is 1. The molecular weight excluding hydrogens is 445 g/mol. The molecule has 1 aliphatic heterocycles. The van der Waals surface area contributed by atoms with Crippen molar-refractivity contribution < 1.29 is 18.8 Å². The Balaban J connectivity index is 1.62. The lowest BCUT2D eigenvalue weighted by Gasteiger charge is -2.28. The van der Waals surface area contributed by atoms with Crippen molar-refractivity contribution in [2.75, 3.05) is 11.4 Å². The molecule has 6 nitrogen and oxygen atoms in total. The van der Waals surface area contributed by atoms with E-state index in [0.717, 1.165) is 16.9 Å². The number of para-hydroxylation sites is 1. The van der Waals surface area contributed by atoms with Gasteiger partial charge in [-0.15, -0.1) is 0 Å². The van der Waals surface area contributed by atoms with Crippen molar-refractivity contribution in [3.63, 3.8) is 0 Å². The Kier molecular flexibility index (Phi) is 7.25. The number of carbonyl (C=O) groups excluding carboxylic acids is 3. The smallest absolute Gasteiger partial charge is 0.319 e. The van der Waals surface area contributed by atoms with E-state index in [2.05, 4.69) is 5.32 Å². The molecule has 0 bridgehead atoms. The molecule has 0 radical (unpaired) electrons. The Hall–Kier alpha value is -4.00. The van der Waals surface area contributed by atoms with Gasteiger partial charge >= 0.3 is 6.03 Å². The minimum Gasteiger partial charge on any atom is -0.319 e. The number of nitrogens with one attached hydrogen (secondary N) is 1. The van der Waals surface area contributed by atoms with Crippen LogP contribution in [0.3, 0.4) is 0 Å². The number of rotatable bonds is 9. The summed E-state index contributed by atoms with van der Waals surface area (Å²) >= 11 is 0. The number of hydrogen-bond donors (Lipinski definition) is 1. The fourth-order valence-corrected chi connectivity index (χ4v) is 4.37. The number of nitrogens with zero attached hydrogens (tertiary/aromatic N) is 2. The molecule has 1 atom stereocenters. The van der Waals surface area contributed by atoms with Crippen LogP contribution in [0, 0.1) is 5.82 Å². The average molecular weight is 474 g/mol. The maximum atomic E-state index is 13.7. The van der Waals surface area contributed by atoms with Gasteiger partial charge in [0.25, 0.3) is 5.91 Å². The van der Waals surface area contributed by atoms with Crippen LogP contribution in [0.15, 0.2) is 84.9 Å². The first kappa shape index (κ1) is 24.1. The highest BCUT2D eigenvalue weighted by Gasteiger charge is 2.52. The number of imide groups is 1. The molecule has 1 heterocycles. The van der Waals surface area contributed by atoms with Crippen molar-refractivity contribution in [3.8, 4) is 0 Å². The van der Waals surface area contributed by atoms with Crippen LogP contribution in [0.2, 0.25) is 0 Å². The summed E-state index contributed by atoms with van der Waals surface area (Å²) in [7, 11) is 0. The van der Waals surface area contributed by atoms with Crippen LogP contribution < -0.4 is 10.2 Å². The summed E-state index contributed by atoms with van der Waals surface area (Å²) < 4.78 is 13.6. The molecule has 1 saturated heterocycles. The van der Waals surface area contributed by atoms with E-state index in [1.807, 2.05) is 67.6 Å². The summed E-state index contributed by atoms with van der Waals surface area (Å²) in [5.41, 5.74) is 0.775. The number of carbonyl (C=O) groups is 3. The highest BCUT2D eigenvalue weighted by Crippen LogP contribution is 2.34. The molecule has 0 aromatic heterocycles. The predicted octanol–water partition coefficient (Wildman–Crippen LogP) is 5.00. The third-order valence-electron chi connectivity index (χ3n) is 6.26. The Morgan fingerprint density at radius 1 is 0.943 bits per heavy atom. The molecule has 0 aliphatic carbocycles.